The number of rotatable bonds is 4. The lowest BCUT2D eigenvalue weighted by Crippen LogP contribution is -2.33. The minimum atomic E-state index is 0.0107. The predicted molar refractivity (Wildman–Crippen MR) is 61.1 cm³/mol. The molecule has 0 radical (unpaired) electrons. The summed E-state index contributed by atoms with van der Waals surface area (Å²) in [6.45, 7) is 1.35. The van der Waals surface area contributed by atoms with Gasteiger partial charge >= 0.3 is 0 Å². The topological polar surface area (TPSA) is 38.7 Å². The average Bonchev–Trinajstić information content (AvgIpc) is 2.38. The van der Waals surface area contributed by atoms with Gasteiger partial charge in [-0.2, -0.15) is 0 Å². The molecular formula is C13H18O3. The van der Waals surface area contributed by atoms with Crippen molar-refractivity contribution in [1.82, 2.24) is 0 Å². The predicted octanol–water partition coefficient (Wildman–Crippen LogP) is 1.74. The fourth-order valence-electron chi connectivity index (χ4n) is 1.85. The third-order valence-corrected chi connectivity index (χ3v) is 2.86. The summed E-state index contributed by atoms with van der Waals surface area (Å²) in [5.41, 5.74) is 1.19. The standard InChI is InChI=1S/C13H18O3/c14-8-12-6-7-13(10-16-12)15-9-11-4-2-1-3-5-11/h1-5,12-14H,6-10H2/t12-,13+/m0/s1. The Kier molecular flexibility index (Phi) is 4.34. The van der Waals surface area contributed by atoms with Crippen LogP contribution >= 0.6 is 0 Å². The van der Waals surface area contributed by atoms with Crippen molar-refractivity contribution in [3.8, 4) is 0 Å². The van der Waals surface area contributed by atoms with Gasteiger partial charge in [0.15, 0.2) is 0 Å². The first-order valence-corrected chi connectivity index (χ1v) is 5.76. The summed E-state index contributed by atoms with van der Waals surface area (Å²) in [5.74, 6) is 0. The molecule has 1 saturated heterocycles. The van der Waals surface area contributed by atoms with Gasteiger partial charge in [0.25, 0.3) is 0 Å². The Morgan fingerprint density at radius 1 is 1.25 bits per heavy atom. The molecule has 0 aliphatic carbocycles. The molecule has 1 aliphatic rings. The molecule has 2 rings (SSSR count). The fourth-order valence-corrected chi connectivity index (χ4v) is 1.85. The van der Waals surface area contributed by atoms with Crippen molar-refractivity contribution in [3.05, 3.63) is 35.9 Å². The van der Waals surface area contributed by atoms with Crippen molar-refractivity contribution in [2.45, 2.75) is 31.7 Å². The molecule has 2 atom stereocenters. The Morgan fingerprint density at radius 2 is 2.06 bits per heavy atom. The van der Waals surface area contributed by atoms with E-state index in [1.54, 1.807) is 0 Å². The summed E-state index contributed by atoms with van der Waals surface area (Å²) in [5, 5.41) is 8.92. The lowest BCUT2D eigenvalue weighted by molar-refractivity contribution is -0.102. The largest absolute Gasteiger partial charge is 0.394 e. The molecule has 0 aromatic heterocycles. The van der Waals surface area contributed by atoms with Crippen molar-refractivity contribution in [3.63, 3.8) is 0 Å². The van der Waals surface area contributed by atoms with E-state index in [0.29, 0.717) is 13.2 Å². The average molecular weight is 222 g/mol. The lowest BCUT2D eigenvalue weighted by atomic mass is 10.1. The zero-order chi connectivity index (χ0) is 11.2. The minimum Gasteiger partial charge on any atom is -0.394 e. The SMILES string of the molecule is OC[C@@H]1CC[C@@H](OCc2ccccc2)CO1. The second-order valence-corrected chi connectivity index (χ2v) is 4.13. The Balaban J connectivity index is 1.72. The molecule has 0 spiro atoms. The van der Waals surface area contributed by atoms with Crippen LogP contribution in [-0.4, -0.2) is 30.5 Å². The number of benzene rings is 1. The summed E-state index contributed by atoms with van der Waals surface area (Å²) in [4.78, 5) is 0. The van der Waals surface area contributed by atoms with Crippen LogP contribution < -0.4 is 0 Å². The highest BCUT2D eigenvalue weighted by Gasteiger charge is 2.21. The zero-order valence-corrected chi connectivity index (χ0v) is 9.34. The van der Waals surface area contributed by atoms with Crippen molar-refractivity contribution in [2.24, 2.45) is 0 Å². The van der Waals surface area contributed by atoms with Gasteiger partial charge in [-0.1, -0.05) is 30.3 Å². The number of aliphatic hydroxyl groups is 1. The van der Waals surface area contributed by atoms with E-state index in [4.69, 9.17) is 14.6 Å². The molecule has 88 valence electrons. The first-order valence-electron chi connectivity index (χ1n) is 5.76. The van der Waals surface area contributed by atoms with Crippen molar-refractivity contribution in [2.75, 3.05) is 13.2 Å². The molecule has 1 fully saturated rings. The maximum absolute atomic E-state index is 8.92. The molecule has 3 nitrogen and oxygen atoms in total. The van der Waals surface area contributed by atoms with Crippen LogP contribution in [0.1, 0.15) is 18.4 Å². The Bertz CT molecular complexity index is 291. The van der Waals surface area contributed by atoms with Gasteiger partial charge in [0.1, 0.15) is 0 Å². The maximum atomic E-state index is 8.92. The van der Waals surface area contributed by atoms with Crippen LogP contribution in [0.5, 0.6) is 0 Å². The molecule has 16 heavy (non-hydrogen) atoms. The van der Waals surface area contributed by atoms with Crippen molar-refractivity contribution >= 4 is 0 Å². The second kappa shape index (κ2) is 5.99. The molecule has 0 saturated carbocycles. The van der Waals surface area contributed by atoms with Crippen LogP contribution in [0, 0.1) is 0 Å². The van der Waals surface area contributed by atoms with E-state index in [2.05, 4.69) is 12.1 Å². The zero-order valence-electron chi connectivity index (χ0n) is 9.34. The molecule has 1 aromatic carbocycles. The number of ether oxygens (including phenoxy) is 2. The van der Waals surface area contributed by atoms with Crippen LogP contribution in [0.2, 0.25) is 0 Å². The normalized spacial score (nSPS) is 25.6. The highest BCUT2D eigenvalue weighted by Crippen LogP contribution is 2.17. The van der Waals surface area contributed by atoms with Gasteiger partial charge in [0.2, 0.25) is 0 Å². The van der Waals surface area contributed by atoms with Crippen LogP contribution in [0.3, 0.4) is 0 Å². The lowest BCUT2D eigenvalue weighted by Gasteiger charge is -2.27. The van der Waals surface area contributed by atoms with Crippen LogP contribution in [-0.2, 0) is 16.1 Å². The summed E-state index contributed by atoms with van der Waals surface area (Å²) < 4.78 is 11.2. The van der Waals surface area contributed by atoms with Crippen LogP contribution in [0.25, 0.3) is 0 Å². The van der Waals surface area contributed by atoms with E-state index < -0.39 is 0 Å². The first-order chi connectivity index (χ1) is 7.88. The number of hydrogen-bond acceptors (Lipinski definition) is 3. The Morgan fingerprint density at radius 3 is 2.69 bits per heavy atom. The Hall–Kier alpha value is -0.900. The summed E-state index contributed by atoms with van der Waals surface area (Å²) in [7, 11) is 0. The van der Waals surface area contributed by atoms with Gasteiger partial charge in [0.05, 0.1) is 32.0 Å². The van der Waals surface area contributed by atoms with Crippen LogP contribution in [0.15, 0.2) is 30.3 Å². The molecule has 3 heteroatoms. The molecule has 0 unspecified atom stereocenters. The third kappa shape index (κ3) is 3.30. The summed E-state index contributed by atoms with van der Waals surface area (Å²) in [6.07, 6.45) is 2.04. The van der Waals surface area contributed by atoms with Crippen molar-refractivity contribution < 1.29 is 14.6 Å². The highest BCUT2D eigenvalue weighted by molar-refractivity contribution is 5.13. The molecule has 1 N–H and O–H groups in total. The summed E-state index contributed by atoms with van der Waals surface area (Å²) in [6, 6.07) is 10.1. The van der Waals surface area contributed by atoms with Gasteiger partial charge in [0, 0.05) is 0 Å². The minimum absolute atomic E-state index is 0.0107. The van der Waals surface area contributed by atoms with E-state index in [0.717, 1.165) is 12.8 Å². The fraction of sp³-hybridized carbons (Fsp3) is 0.538. The van der Waals surface area contributed by atoms with E-state index >= 15 is 0 Å². The Labute approximate surface area is 96.0 Å². The van der Waals surface area contributed by atoms with Gasteiger partial charge in [-0.15, -0.1) is 0 Å². The molecule has 1 aromatic rings. The van der Waals surface area contributed by atoms with Crippen molar-refractivity contribution in [1.29, 1.82) is 0 Å². The quantitative estimate of drug-likeness (QED) is 0.843. The van der Waals surface area contributed by atoms with Gasteiger partial charge < -0.3 is 14.6 Å². The van der Waals surface area contributed by atoms with Gasteiger partial charge in [-0.05, 0) is 18.4 Å². The monoisotopic (exact) mass is 222 g/mol. The first kappa shape index (κ1) is 11.6. The smallest absolute Gasteiger partial charge is 0.0814 e. The van der Waals surface area contributed by atoms with Gasteiger partial charge in [-0.25, -0.2) is 0 Å². The van der Waals surface area contributed by atoms with E-state index in [-0.39, 0.29) is 18.8 Å². The number of hydrogen-bond donors (Lipinski definition) is 1. The molecule has 0 amide bonds. The third-order valence-electron chi connectivity index (χ3n) is 2.86. The maximum Gasteiger partial charge on any atom is 0.0814 e. The highest BCUT2D eigenvalue weighted by atomic mass is 16.5. The molecule has 1 aliphatic heterocycles. The van der Waals surface area contributed by atoms with Gasteiger partial charge in [-0.3, -0.25) is 0 Å². The summed E-state index contributed by atoms with van der Waals surface area (Å²) >= 11 is 0. The molecule has 0 bridgehead atoms. The molecular weight excluding hydrogens is 204 g/mol. The van der Waals surface area contributed by atoms with E-state index in [1.165, 1.54) is 5.56 Å². The molecule has 1 heterocycles. The second-order valence-electron chi connectivity index (χ2n) is 4.13. The number of aliphatic hydroxyl groups excluding tert-OH is 1. The van der Waals surface area contributed by atoms with Crippen LogP contribution in [0.4, 0.5) is 0 Å². The van der Waals surface area contributed by atoms with E-state index in [9.17, 15) is 0 Å². The van der Waals surface area contributed by atoms with E-state index in [1.807, 2.05) is 18.2 Å².